The molecular weight excluding hydrogens is 456 g/mol. The third-order valence-corrected chi connectivity index (χ3v) is 7.73. The number of nitrogens with zero attached hydrogens (tertiary/aromatic N) is 4. The molecule has 1 saturated heterocycles. The Bertz CT molecular complexity index is 1130. The van der Waals surface area contributed by atoms with E-state index >= 15 is 0 Å². The van der Waals surface area contributed by atoms with Gasteiger partial charge in [-0.15, -0.1) is 11.3 Å². The lowest BCUT2D eigenvalue weighted by Gasteiger charge is -2.31. The van der Waals surface area contributed by atoms with Gasteiger partial charge in [0.2, 0.25) is 5.91 Å². The Labute approximate surface area is 213 Å². The van der Waals surface area contributed by atoms with Crippen molar-refractivity contribution in [3.05, 3.63) is 53.1 Å². The molecular formula is C28H38N4O2S. The van der Waals surface area contributed by atoms with Crippen LogP contribution >= 0.6 is 11.3 Å². The van der Waals surface area contributed by atoms with Crippen molar-refractivity contribution in [2.45, 2.75) is 77.7 Å². The van der Waals surface area contributed by atoms with Crippen molar-refractivity contribution in [3.8, 4) is 16.3 Å². The summed E-state index contributed by atoms with van der Waals surface area (Å²) in [5, 5.41) is 3.26. The van der Waals surface area contributed by atoms with Gasteiger partial charge in [0.1, 0.15) is 17.3 Å². The molecule has 1 amide bonds. The minimum atomic E-state index is -0.0441. The summed E-state index contributed by atoms with van der Waals surface area (Å²) in [6, 6.07) is 4.52. The molecule has 0 saturated carbocycles. The number of aromatic nitrogens is 3. The van der Waals surface area contributed by atoms with Crippen LogP contribution in [0, 0.1) is 0 Å². The molecule has 1 aliphatic heterocycles. The normalized spacial score (nSPS) is 15.5. The topological polar surface area (TPSA) is 60.2 Å². The Morgan fingerprint density at radius 1 is 1.09 bits per heavy atom. The van der Waals surface area contributed by atoms with Crippen LogP contribution in [0.3, 0.4) is 0 Å². The van der Waals surface area contributed by atoms with Gasteiger partial charge in [0.05, 0.1) is 19.1 Å². The molecule has 0 atom stereocenters. The number of piperidine rings is 1. The quantitative estimate of drug-likeness (QED) is 0.435. The minimum absolute atomic E-state index is 0.0441. The predicted octanol–water partition coefficient (Wildman–Crippen LogP) is 6.02. The van der Waals surface area contributed by atoms with Crippen LogP contribution in [0.4, 0.5) is 0 Å². The van der Waals surface area contributed by atoms with E-state index in [4.69, 9.17) is 9.72 Å². The maximum atomic E-state index is 12.6. The molecule has 0 aliphatic carbocycles. The van der Waals surface area contributed by atoms with Gasteiger partial charge in [-0.2, -0.15) is 0 Å². The molecule has 6 nitrogen and oxygen atoms in total. The summed E-state index contributed by atoms with van der Waals surface area (Å²) in [6.45, 7) is 15.3. The van der Waals surface area contributed by atoms with Gasteiger partial charge in [-0.3, -0.25) is 4.79 Å². The van der Waals surface area contributed by atoms with Gasteiger partial charge in [-0.25, -0.2) is 9.97 Å². The molecule has 4 rings (SSSR count). The van der Waals surface area contributed by atoms with Gasteiger partial charge >= 0.3 is 0 Å². The average Bonchev–Trinajstić information content (AvgIpc) is 3.49. The van der Waals surface area contributed by atoms with Gasteiger partial charge < -0.3 is 14.2 Å². The molecule has 3 aromatic rings. The number of thiazole rings is 1. The van der Waals surface area contributed by atoms with Crippen LogP contribution in [-0.2, 0) is 22.2 Å². The lowest BCUT2D eigenvalue weighted by molar-refractivity contribution is -0.132. The van der Waals surface area contributed by atoms with Crippen LogP contribution < -0.4 is 4.74 Å². The van der Waals surface area contributed by atoms with Crippen LogP contribution in [0.1, 0.15) is 77.1 Å². The van der Waals surface area contributed by atoms with Crippen LogP contribution in [0.2, 0.25) is 0 Å². The van der Waals surface area contributed by atoms with Crippen LogP contribution in [-0.4, -0.2) is 45.5 Å². The Morgan fingerprint density at radius 3 is 2.23 bits per heavy atom. The van der Waals surface area contributed by atoms with Crippen molar-refractivity contribution in [3.63, 3.8) is 0 Å². The monoisotopic (exact) mass is 494 g/mol. The lowest BCUT2D eigenvalue weighted by Crippen LogP contribution is -2.39. The van der Waals surface area contributed by atoms with Gasteiger partial charge in [0.15, 0.2) is 0 Å². The first-order valence-corrected chi connectivity index (χ1v) is 13.3. The fourth-order valence-electron chi connectivity index (χ4n) is 4.75. The minimum Gasteiger partial charge on any atom is -0.496 e. The molecule has 2 aromatic heterocycles. The average molecular weight is 495 g/mol. The number of rotatable bonds is 5. The Hall–Kier alpha value is -2.67. The summed E-state index contributed by atoms with van der Waals surface area (Å²) in [7, 11) is 1.77. The van der Waals surface area contributed by atoms with Gasteiger partial charge in [-0.1, -0.05) is 41.5 Å². The fourth-order valence-corrected chi connectivity index (χ4v) is 5.64. The third-order valence-electron chi connectivity index (χ3n) is 6.82. The summed E-state index contributed by atoms with van der Waals surface area (Å²) in [5.74, 6) is 1.53. The number of hydrogen-bond donors (Lipinski definition) is 0. The summed E-state index contributed by atoms with van der Waals surface area (Å²) in [5.41, 5.74) is 4.64. The van der Waals surface area contributed by atoms with Crippen molar-refractivity contribution in [2.24, 2.45) is 0 Å². The first-order chi connectivity index (χ1) is 16.5. The number of likely N-dealkylation sites (tertiary alicyclic amines) is 1. The van der Waals surface area contributed by atoms with E-state index in [0.717, 1.165) is 47.9 Å². The second-order valence-electron chi connectivity index (χ2n) is 11.6. The van der Waals surface area contributed by atoms with Gasteiger partial charge in [0.25, 0.3) is 0 Å². The van der Waals surface area contributed by atoms with E-state index in [1.165, 1.54) is 11.1 Å². The SMILES string of the molecule is COc1c(C(C)(C)C)cc(-c2nc(C3CCN(C(=O)Cn4ccnc4)CC3)cs2)cc1C(C)(C)C. The zero-order valence-electron chi connectivity index (χ0n) is 22.1. The molecule has 0 radical (unpaired) electrons. The molecule has 35 heavy (non-hydrogen) atoms. The van der Waals surface area contributed by atoms with E-state index in [2.05, 4.69) is 64.0 Å². The van der Waals surface area contributed by atoms with Crippen molar-refractivity contribution in [1.29, 1.82) is 0 Å². The molecule has 1 aliphatic rings. The van der Waals surface area contributed by atoms with Gasteiger partial charge in [0, 0.05) is 53.5 Å². The molecule has 0 unspecified atom stereocenters. The van der Waals surface area contributed by atoms with E-state index in [9.17, 15) is 4.79 Å². The van der Waals surface area contributed by atoms with Crippen LogP contribution in [0.5, 0.6) is 5.75 Å². The predicted molar refractivity (Wildman–Crippen MR) is 142 cm³/mol. The highest BCUT2D eigenvalue weighted by Crippen LogP contribution is 2.43. The molecule has 3 heterocycles. The highest BCUT2D eigenvalue weighted by atomic mass is 32.1. The largest absolute Gasteiger partial charge is 0.496 e. The van der Waals surface area contributed by atoms with E-state index in [-0.39, 0.29) is 16.7 Å². The summed E-state index contributed by atoms with van der Waals surface area (Å²) in [6.07, 6.45) is 7.12. The molecule has 188 valence electrons. The summed E-state index contributed by atoms with van der Waals surface area (Å²) < 4.78 is 7.76. The highest BCUT2D eigenvalue weighted by molar-refractivity contribution is 7.13. The number of benzene rings is 1. The zero-order valence-corrected chi connectivity index (χ0v) is 22.9. The maximum absolute atomic E-state index is 12.6. The number of methoxy groups -OCH3 is 1. The van der Waals surface area contributed by atoms with E-state index in [1.54, 1.807) is 31.0 Å². The molecule has 0 bridgehead atoms. The number of imidazole rings is 1. The number of ether oxygens (including phenoxy) is 1. The Kier molecular flexibility index (Phi) is 7.09. The summed E-state index contributed by atoms with van der Waals surface area (Å²) in [4.78, 5) is 23.7. The molecule has 1 fully saturated rings. The van der Waals surface area contributed by atoms with Crippen molar-refractivity contribution >= 4 is 17.2 Å². The molecule has 0 N–H and O–H groups in total. The summed E-state index contributed by atoms with van der Waals surface area (Å²) >= 11 is 1.72. The van der Waals surface area contributed by atoms with E-state index in [1.807, 2.05) is 15.7 Å². The number of carbonyl (C=O) groups is 1. The van der Waals surface area contributed by atoms with Crippen molar-refractivity contribution < 1.29 is 9.53 Å². The van der Waals surface area contributed by atoms with E-state index < -0.39 is 0 Å². The standard InChI is InChI=1S/C28H38N4O2S/c1-27(2,3)21-14-20(15-22(25(21)34-7)28(4,5)6)26-30-23(17-35-26)19-8-11-32(12-9-19)24(33)16-31-13-10-29-18-31/h10,13-15,17-19H,8-9,11-12,16H2,1-7H3. The van der Waals surface area contributed by atoms with Gasteiger partial charge in [-0.05, 0) is 35.8 Å². The second kappa shape index (κ2) is 9.76. The van der Waals surface area contributed by atoms with E-state index in [0.29, 0.717) is 12.5 Å². The Balaban J connectivity index is 1.53. The van der Waals surface area contributed by atoms with Crippen molar-refractivity contribution in [2.75, 3.05) is 20.2 Å². The number of amides is 1. The first-order valence-electron chi connectivity index (χ1n) is 12.4. The first kappa shape index (κ1) is 25.4. The van der Waals surface area contributed by atoms with Crippen molar-refractivity contribution in [1.82, 2.24) is 19.4 Å². The number of hydrogen-bond acceptors (Lipinski definition) is 5. The third kappa shape index (κ3) is 5.61. The van der Waals surface area contributed by atoms with Crippen LogP contribution in [0.25, 0.3) is 10.6 Å². The fraction of sp³-hybridized carbons (Fsp3) is 0.536. The molecule has 7 heteroatoms. The highest BCUT2D eigenvalue weighted by Gasteiger charge is 2.29. The molecule has 1 aromatic carbocycles. The maximum Gasteiger partial charge on any atom is 0.242 e. The lowest BCUT2D eigenvalue weighted by atomic mass is 9.78. The molecule has 0 spiro atoms. The number of carbonyl (C=O) groups excluding carboxylic acids is 1. The van der Waals surface area contributed by atoms with Crippen LogP contribution in [0.15, 0.2) is 36.2 Å². The smallest absolute Gasteiger partial charge is 0.242 e. The zero-order chi connectivity index (χ0) is 25.4. The Morgan fingerprint density at radius 2 is 1.71 bits per heavy atom. The second-order valence-corrected chi connectivity index (χ2v) is 12.4.